The predicted molar refractivity (Wildman–Crippen MR) is 68.8 cm³/mol. The van der Waals surface area contributed by atoms with Crippen LogP contribution in [0.1, 0.15) is 13.8 Å². The molecule has 0 aromatic rings. The van der Waals surface area contributed by atoms with Gasteiger partial charge in [0.2, 0.25) is 3.79 Å². The molecule has 0 spiro atoms. The molecule has 0 saturated heterocycles. The number of carboxylic acid groups (broad SMARTS) is 1. The van der Waals surface area contributed by atoms with Gasteiger partial charge in [0.25, 0.3) is 0 Å². The Labute approximate surface area is 120 Å². The molecule has 0 aromatic heterocycles. The summed E-state index contributed by atoms with van der Waals surface area (Å²) in [6, 6.07) is 0. The van der Waals surface area contributed by atoms with Gasteiger partial charge in [0, 0.05) is 6.08 Å². The maximum Gasteiger partial charge on any atom is 0.330 e. The molecule has 0 radical (unpaired) electrons. The van der Waals surface area contributed by atoms with E-state index in [1.807, 2.05) is 13.8 Å². The molecule has 1 N–H and O–H groups in total. The third-order valence-electron chi connectivity index (χ3n) is 2.99. The Morgan fingerprint density at radius 1 is 1.39 bits per heavy atom. The van der Waals surface area contributed by atoms with Crippen LogP contribution < -0.4 is 0 Å². The Hall–Kier alpha value is -0.450. The van der Waals surface area contributed by atoms with E-state index in [-0.39, 0.29) is 17.9 Å². The van der Waals surface area contributed by atoms with Gasteiger partial charge in [-0.05, 0) is 11.3 Å². The van der Waals surface area contributed by atoms with Gasteiger partial charge in [-0.3, -0.25) is 4.79 Å². The second-order valence-corrected chi connectivity index (χ2v) is 7.26. The number of carboxylic acids is 1. The van der Waals surface area contributed by atoms with Crippen LogP contribution in [0.4, 0.5) is 0 Å². The van der Waals surface area contributed by atoms with Crippen LogP contribution in [0.3, 0.4) is 0 Å². The number of halogens is 3. The maximum absolute atomic E-state index is 11.3. The number of carbonyl (C=O) groups is 2. The van der Waals surface area contributed by atoms with Crippen LogP contribution in [0.25, 0.3) is 0 Å². The highest BCUT2D eigenvalue weighted by atomic mass is 35.6. The first-order chi connectivity index (χ1) is 8.05. The van der Waals surface area contributed by atoms with Crippen LogP contribution in [-0.4, -0.2) is 27.4 Å². The lowest BCUT2D eigenvalue weighted by atomic mass is 10.1. The van der Waals surface area contributed by atoms with E-state index >= 15 is 0 Å². The van der Waals surface area contributed by atoms with Crippen molar-refractivity contribution in [1.29, 1.82) is 0 Å². The molecule has 0 bridgehead atoms. The molecule has 1 rings (SSSR count). The Kier molecular flexibility index (Phi) is 4.57. The van der Waals surface area contributed by atoms with E-state index in [1.165, 1.54) is 12.2 Å². The van der Waals surface area contributed by atoms with Crippen molar-refractivity contribution >= 4 is 46.7 Å². The standard InChI is InChI=1S/C11H13Cl3O4/c1-10(2)6(8(10)9(16)17)3-4-7(15)18-5-11(12,13)14/h3-4,6,8H,5H2,1-2H3,(H,16,17)/b4-3-/t6-,8-/m0/s1. The number of hydrogen-bond acceptors (Lipinski definition) is 3. The fourth-order valence-corrected chi connectivity index (χ4v) is 2.06. The van der Waals surface area contributed by atoms with Crippen LogP contribution in [0.15, 0.2) is 12.2 Å². The molecule has 1 aliphatic carbocycles. The number of ether oxygens (including phenoxy) is 1. The summed E-state index contributed by atoms with van der Waals surface area (Å²) >= 11 is 16.2. The SMILES string of the molecule is CC1(C)[C@H](C(=O)O)[C@@H]1/C=C\C(=O)OCC(Cl)(Cl)Cl. The number of allylic oxidation sites excluding steroid dienone is 1. The van der Waals surface area contributed by atoms with Crippen LogP contribution >= 0.6 is 34.8 Å². The monoisotopic (exact) mass is 314 g/mol. The van der Waals surface area contributed by atoms with Gasteiger partial charge in [0.1, 0.15) is 6.61 Å². The summed E-state index contributed by atoms with van der Waals surface area (Å²) in [6.07, 6.45) is 2.70. The second kappa shape index (κ2) is 5.27. The van der Waals surface area contributed by atoms with E-state index in [0.717, 1.165) is 0 Å². The van der Waals surface area contributed by atoms with Crippen molar-refractivity contribution in [3.8, 4) is 0 Å². The minimum absolute atomic E-state index is 0.185. The zero-order chi connectivity index (χ0) is 14.1. The quantitative estimate of drug-likeness (QED) is 0.492. The molecule has 0 unspecified atom stereocenters. The molecule has 1 saturated carbocycles. The van der Waals surface area contributed by atoms with Crippen molar-refractivity contribution in [2.24, 2.45) is 17.3 Å². The van der Waals surface area contributed by atoms with Crippen molar-refractivity contribution in [3.63, 3.8) is 0 Å². The largest absolute Gasteiger partial charge is 0.481 e. The Bertz CT molecular complexity index is 384. The van der Waals surface area contributed by atoms with Gasteiger partial charge in [-0.1, -0.05) is 54.7 Å². The van der Waals surface area contributed by atoms with Crippen LogP contribution in [0, 0.1) is 17.3 Å². The van der Waals surface area contributed by atoms with Gasteiger partial charge >= 0.3 is 11.9 Å². The molecule has 2 atom stereocenters. The fraction of sp³-hybridized carbons (Fsp3) is 0.636. The van der Waals surface area contributed by atoms with Crippen molar-refractivity contribution in [2.45, 2.75) is 17.6 Å². The number of alkyl halides is 3. The molecule has 7 heteroatoms. The molecule has 4 nitrogen and oxygen atoms in total. The first-order valence-corrected chi connectivity index (χ1v) is 6.33. The Morgan fingerprint density at radius 3 is 2.33 bits per heavy atom. The molecule has 0 amide bonds. The third-order valence-corrected chi connectivity index (χ3v) is 3.32. The number of esters is 1. The minimum atomic E-state index is -1.65. The summed E-state index contributed by atoms with van der Waals surface area (Å²) in [4.78, 5) is 22.2. The summed E-state index contributed by atoms with van der Waals surface area (Å²) in [5.41, 5.74) is -0.349. The topological polar surface area (TPSA) is 63.6 Å². The highest BCUT2D eigenvalue weighted by Crippen LogP contribution is 2.59. The number of rotatable bonds is 4. The average Bonchev–Trinajstić information content (AvgIpc) is 2.73. The van der Waals surface area contributed by atoms with Crippen molar-refractivity contribution < 1.29 is 19.4 Å². The molecule has 1 fully saturated rings. The van der Waals surface area contributed by atoms with Gasteiger partial charge in [0.15, 0.2) is 0 Å². The van der Waals surface area contributed by atoms with Crippen molar-refractivity contribution in [1.82, 2.24) is 0 Å². The van der Waals surface area contributed by atoms with Crippen molar-refractivity contribution in [3.05, 3.63) is 12.2 Å². The van der Waals surface area contributed by atoms with E-state index in [1.54, 1.807) is 0 Å². The number of hydrogen-bond donors (Lipinski definition) is 1. The summed E-state index contributed by atoms with van der Waals surface area (Å²) < 4.78 is 3.03. The maximum atomic E-state index is 11.3. The molecular weight excluding hydrogens is 302 g/mol. The molecular formula is C11H13Cl3O4. The molecule has 1 aliphatic rings. The van der Waals surface area contributed by atoms with Crippen molar-refractivity contribution in [2.75, 3.05) is 6.61 Å². The van der Waals surface area contributed by atoms with Crippen LogP contribution in [-0.2, 0) is 14.3 Å². The molecule has 0 aliphatic heterocycles. The third kappa shape index (κ3) is 4.04. The van der Waals surface area contributed by atoms with Crippen LogP contribution in [0.2, 0.25) is 0 Å². The lowest BCUT2D eigenvalue weighted by Gasteiger charge is -2.09. The zero-order valence-electron chi connectivity index (χ0n) is 9.82. The van der Waals surface area contributed by atoms with E-state index in [2.05, 4.69) is 4.74 Å². The minimum Gasteiger partial charge on any atom is -0.481 e. The molecule has 18 heavy (non-hydrogen) atoms. The Balaban J connectivity index is 2.47. The zero-order valence-corrected chi connectivity index (χ0v) is 12.1. The first kappa shape index (κ1) is 15.6. The average molecular weight is 316 g/mol. The highest BCUT2D eigenvalue weighted by Gasteiger charge is 2.60. The van der Waals surface area contributed by atoms with E-state index in [0.29, 0.717) is 0 Å². The lowest BCUT2D eigenvalue weighted by Crippen LogP contribution is -2.15. The van der Waals surface area contributed by atoms with Gasteiger partial charge in [-0.15, -0.1) is 0 Å². The van der Waals surface area contributed by atoms with E-state index < -0.39 is 21.6 Å². The molecule has 102 valence electrons. The molecule has 0 aromatic carbocycles. The summed E-state index contributed by atoms with van der Waals surface area (Å²) in [6.45, 7) is 3.30. The first-order valence-electron chi connectivity index (χ1n) is 5.20. The smallest absolute Gasteiger partial charge is 0.330 e. The Morgan fingerprint density at radius 2 is 1.94 bits per heavy atom. The van der Waals surface area contributed by atoms with E-state index in [4.69, 9.17) is 39.9 Å². The van der Waals surface area contributed by atoms with Gasteiger partial charge in [0.05, 0.1) is 5.92 Å². The number of aliphatic carboxylic acids is 1. The summed E-state index contributed by atoms with van der Waals surface area (Å²) in [5, 5.41) is 8.93. The summed E-state index contributed by atoms with van der Waals surface area (Å²) in [5.74, 6) is -2.19. The fourth-order valence-electron chi connectivity index (χ4n) is 1.89. The number of carbonyl (C=O) groups excluding carboxylic acids is 1. The van der Waals surface area contributed by atoms with Gasteiger partial charge in [-0.25, -0.2) is 4.79 Å². The van der Waals surface area contributed by atoms with E-state index in [9.17, 15) is 9.59 Å². The summed E-state index contributed by atoms with van der Waals surface area (Å²) in [7, 11) is 0. The predicted octanol–water partition coefficient (Wildman–Crippen LogP) is 2.81. The molecule has 0 heterocycles. The normalized spacial score (nSPS) is 26.1. The lowest BCUT2D eigenvalue weighted by molar-refractivity contribution is -0.140. The highest BCUT2D eigenvalue weighted by molar-refractivity contribution is 6.67. The van der Waals surface area contributed by atoms with Gasteiger partial charge < -0.3 is 9.84 Å². The van der Waals surface area contributed by atoms with Crippen LogP contribution in [0.5, 0.6) is 0 Å². The van der Waals surface area contributed by atoms with Gasteiger partial charge in [-0.2, -0.15) is 0 Å². The second-order valence-electron chi connectivity index (χ2n) is 4.75.